The van der Waals surface area contributed by atoms with Crippen molar-refractivity contribution in [2.45, 2.75) is 26.8 Å². The molecule has 1 aromatic rings. The Morgan fingerprint density at radius 2 is 1.75 bits per heavy atom. The molecule has 1 rings (SSSR count). The summed E-state index contributed by atoms with van der Waals surface area (Å²) in [5.74, 6) is 1.30. The highest BCUT2D eigenvalue weighted by Gasteiger charge is 2.06. The molecule has 0 bridgehead atoms. The van der Waals surface area contributed by atoms with Crippen LogP contribution in [0.15, 0.2) is 18.5 Å². The van der Waals surface area contributed by atoms with Gasteiger partial charge in [0, 0.05) is 18.4 Å². The van der Waals surface area contributed by atoms with E-state index in [1.807, 2.05) is 6.07 Å². The van der Waals surface area contributed by atoms with Gasteiger partial charge in [-0.15, -0.1) is 0 Å². The lowest BCUT2D eigenvalue weighted by Gasteiger charge is -2.16. The van der Waals surface area contributed by atoms with Crippen LogP contribution < -0.4 is 5.32 Å². The van der Waals surface area contributed by atoms with Crippen molar-refractivity contribution >= 4 is 5.95 Å². The maximum atomic E-state index is 4.08. The van der Waals surface area contributed by atoms with Crippen LogP contribution in [-0.2, 0) is 0 Å². The van der Waals surface area contributed by atoms with Crippen LogP contribution in [0.5, 0.6) is 0 Å². The summed E-state index contributed by atoms with van der Waals surface area (Å²) in [4.78, 5) is 8.16. The van der Waals surface area contributed by atoms with Crippen molar-refractivity contribution < 1.29 is 0 Å². The Hall–Kier alpha value is -1.12. The first kappa shape index (κ1) is 8.97. The second-order valence-corrected chi connectivity index (χ2v) is 3.25. The Bertz CT molecular complexity index is 220. The summed E-state index contributed by atoms with van der Waals surface area (Å²) in [7, 11) is 0. The van der Waals surface area contributed by atoms with E-state index in [1.165, 1.54) is 0 Å². The molecule has 1 unspecified atom stereocenters. The van der Waals surface area contributed by atoms with E-state index >= 15 is 0 Å². The first-order valence-electron chi connectivity index (χ1n) is 4.23. The van der Waals surface area contributed by atoms with Crippen LogP contribution in [0.2, 0.25) is 0 Å². The third-order valence-corrected chi connectivity index (χ3v) is 1.92. The Kier molecular flexibility index (Phi) is 3.02. The Morgan fingerprint density at radius 1 is 1.17 bits per heavy atom. The third-order valence-electron chi connectivity index (χ3n) is 1.92. The van der Waals surface area contributed by atoms with Gasteiger partial charge < -0.3 is 5.32 Å². The highest BCUT2D eigenvalue weighted by Crippen LogP contribution is 2.05. The first-order valence-corrected chi connectivity index (χ1v) is 4.23. The van der Waals surface area contributed by atoms with Gasteiger partial charge in [0.15, 0.2) is 0 Å². The van der Waals surface area contributed by atoms with Gasteiger partial charge in [-0.05, 0) is 18.9 Å². The van der Waals surface area contributed by atoms with Gasteiger partial charge in [-0.25, -0.2) is 9.97 Å². The summed E-state index contributed by atoms with van der Waals surface area (Å²) in [5, 5.41) is 3.22. The molecule has 3 nitrogen and oxygen atoms in total. The largest absolute Gasteiger partial charge is 0.352 e. The molecule has 66 valence electrons. The summed E-state index contributed by atoms with van der Waals surface area (Å²) in [6, 6.07) is 2.22. The fourth-order valence-corrected chi connectivity index (χ4v) is 0.744. The third kappa shape index (κ3) is 2.49. The number of rotatable bonds is 3. The monoisotopic (exact) mass is 165 g/mol. The van der Waals surface area contributed by atoms with Gasteiger partial charge in [-0.2, -0.15) is 0 Å². The highest BCUT2D eigenvalue weighted by molar-refractivity contribution is 5.23. The number of nitrogens with one attached hydrogen (secondary N) is 1. The normalized spacial score (nSPS) is 13.0. The van der Waals surface area contributed by atoms with E-state index < -0.39 is 0 Å². The maximum absolute atomic E-state index is 4.08. The van der Waals surface area contributed by atoms with Crippen LogP contribution in [0.25, 0.3) is 0 Å². The summed E-state index contributed by atoms with van der Waals surface area (Å²) >= 11 is 0. The van der Waals surface area contributed by atoms with Gasteiger partial charge >= 0.3 is 0 Å². The quantitative estimate of drug-likeness (QED) is 0.743. The Balaban J connectivity index is 2.53. The smallest absolute Gasteiger partial charge is 0.222 e. The molecule has 0 saturated carbocycles. The van der Waals surface area contributed by atoms with Crippen molar-refractivity contribution in [2.24, 2.45) is 5.92 Å². The standard InChI is InChI=1S/C9H15N3/c1-7(2)8(3)12-9-10-5-4-6-11-9/h4-8H,1-3H3,(H,10,11,12). The first-order chi connectivity index (χ1) is 5.70. The SMILES string of the molecule is CC(C)C(C)Nc1ncccn1. The molecule has 1 aromatic heterocycles. The van der Waals surface area contributed by atoms with E-state index in [4.69, 9.17) is 0 Å². The second kappa shape index (κ2) is 4.04. The van der Waals surface area contributed by atoms with Gasteiger partial charge in [-0.3, -0.25) is 0 Å². The molecular formula is C9H15N3. The predicted octanol–water partition coefficient (Wildman–Crippen LogP) is 1.93. The van der Waals surface area contributed by atoms with E-state index in [0.717, 1.165) is 0 Å². The van der Waals surface area contributed by atoms with E-state index in [9.17, 15) is 0 Å². The zero-order valence-electron chi connectivity index (χ0n) is 7.78. The fraction of sp³-hybridized carbons (Fsp3) is 0.556. The molecule has 0 fully saturated rings. The highest BCUT2D eigenvalue weighted by atomic mass is 15.1. The van der Waals surface area contributed by atoms with Crippen LogP contribution >= 0.6 is 0 Å². The molecule has 3 heteroatoms. The number of hydrogen-bond donors (Lipinski definition) is 1. The summed E-state index contributed by atoms with van der Waals surface area (Å²) < 4.78 is 0. The number of hydrogen-bond acceptors (Lipinski definition) is 3. The van der Waals surface area contributed by atoms with Crippen molar-refractivity contribution in [1.29, 1.82) is 0 Å². The molecule has 1 heterocycles. The molecule has 0 saturated heterocycles. The molecule has 0 aliphatic heterocycles. The minimum absolute atomic E-state index is 0.410. The zero-order valence-corrected chi connectivity index (χ0v) is 7.78. The van der Waals surface area contributed by atoms with E-state index in [-0.39, 0.29) is 0 Å². The Labute approximate surface area is 73.2 Å². The van der Waals surface area contributed by atoms with Crippen molar-refractivity contribution in [2.75, 3.05) is 5.32 Å². The van der Waals surface area contributed by atoms with E-state index in [0.29, 0.717) is 17.9 Å². The summed E-state index contributed by atoms with van der Waals surface area (Å²) in [6.07, 6.45) is 3.48. The van der Waals surface area contributed by atoms with E-state index in [2.05, 4.69) is 36.1 Å². The molecular weight excluding hydrogens is 150 g/mol. The minimum Gasteiger partial charge on any atom is -0.352 e. The molecule has 0 aliphatic rings. The van der Waals surface area contributed by atoms with E-state index in [1.54, 1.807) is 12.4 Å². The van der Waals surface area contributed by atoms with Crippen LogP contribution in [0.4, 0.5) is 5.95 Å². The summed E-state index contributed by atoms with van der Waals surface area (Å²) in [6.45, 7) is 6.46. The lowest BCUT2D eigenvalue weighted by atomic mass is 10.1. The van der Waals surface area contributed by atoms with Crippen LogP contribution in [0, 0.1) is 5.92 Å². The van der Waals surface area contributed by atoms with Gasteiger partial charge in [0.2, 0.25) is 5.95 Å². The number of aromatic nitrogens is 2. The number of nitrogens with zero attached hydrogens (tertiary/aromatic N) is 2. The van der Waals surface area contributed by atoms with Gasteiger partial charge in [0.25, 0.3) is 0 Å². The molecule has 0 aromatic carbocycles. The Morgan fingerprint density at radius 3 is 2.25 bits per heavy atom. The fourth-order valence-electron chi connectivity index (χ4n) is 0.744. The van der Waals surface area contributed by atoms with Crippen molar-refractivity contribution in [3.63, 3.8) is 0 Å². The maximum Gasteiger partial charge on any atom is 0.222 e. The van der Waals surface area contributed by atoms with Crippen LogP contribution in [0.3, 0.4) is 0 Å². The molecule has 12 heavy (non-hydrogen) atoms. The predicted molar refractivity (Wildman–Crippen MR) is 50.0 cm³/mol. The second-order valence-electron chi connectivity index (χ2n) is 3.25. The topological polar surface area (TPSA) is 37.8 Å². The molecule has 1 atom stereocenters. The summed E-state index contributed by atoms with van der Waals surface area (Å²) in [5.41, 5.74) is 0. The molecule has 0 aliphatic carbocycles. The van der Waals surface area contributed by atoms with Crippen LogP contribution in [-0.4, -0.2) is 16.0 Å². The van der Waals surface area contributed by atoms with Gasteiger partial charge in [0.05, 0.1) is 0 Å². The van der Waals surface area contributed by atoms with Crippen molar-refractivity contribution in [3.05, 3.63) is 18.5 Å². The van der Waals surface area contributed by atoms with Crippen molar-refractivity contribution in [1.82, 2.24) is 9.97 Å². The average molecular weight is 165 g/mol. The van der Waals surface area contributed by atoms with Crippen molar-refractivity contribution in [3.8, 4) is 0 Å². The molecule has 0 spiro atoms. The minimum atomic E-state index is 0.410. The lowest BCUT2D eigenvalue weighted by Crippen LogP contribution is -2.22. The number of anilines is 1. The molecule has 0 radical (unpaired) electrons. The molecule has 0 amide bonds. The van der Waals surface area contributed by atoms with Crippen LogP contribution in [0.1, 0.15) is 20.8 Å². The van der Waals surface area contributed by atoms with Gasteiger partial charge in [0.1, 0.15) is 0 Å². The van der Waals surface area contributed by atoms with Gasteiger partial charge in [-0.1, -0.05) is 13.8 Å². The lowest BCUT2D eigenvalue weighted by molar-refractivity contribution is 0.556. The molecule has 1 N–H and O–H groups in total. The average Bonchev–Trinajstić information content (AvgIpc) is 2.06. The zero-order chi connectivity index (χ0) is 8.97.